The fourth-order valence-corrected chi connectivity index (χ4v) is 0. The Morgan fingerprint density at radius 3 is 0.909 bits per heavy atom. The first kappa shape index (κ1) is 17.7. The fourth-order valence-electron chi connectivity index (χ4n) is 0. The van der Waals surface area contributed by atoms with Gasteiger partial charge in [-0.05, 0) is 0 Å². The van der Waals surface area contributed by atoms with Crippen LogP contribution in [0.3, 0.4) is 0 Å². The van der Waals surface area contributed by atoms with Crippen LogP contribution < -0.4 is 33.7 Å². The molecule has 0 rings (SSSR count). The maximum atomic E-state index is 8.69. The zero-order valence-corrected chi connectivity index (χ0v) is 9.42. The molecule has 0 unspecified atom stereocenters. The molecule has 0 aliphatic carbocycles. The van der Waals surface area contributed by atoms with Gasteiger partial charge in [0.1, 0.15) is 0 Å². The zero-order valence-electron chi connectivity index (χ0n) is 5.06. The SMILES string of the molecule is [Na+].[O]=[Mn](=[O])(=[O])[O-].[O]=[Mn](=[O])(=[O])[OH]. The van der Waals surface area contributed by atoms with Gasteiger partial charge >= 0.3 is 86.9 Å². The minimum atomic E-state index is -5.62. The van der Waals surface area contributed by atoms with E-state index in [-0.39, 0.29) is 29.6 Å². The summed E-state index contributed by atoms with van der Waals surface area (Å²) < 4.78 is 67.4. The predicted molar refractivity (Wildman–Crippen MR) is 6.34 cm³/mol. The molecule has 0 heterocycles. The Morgan fingerprint density at radius 1 is 0.909 bits per heavy atom. The fraction of sp³-hybridized carbons (Fsp3) is 0. The molecule has 8 nitrogen and oxygen atoms in total. The Bertz CT molecular complexity index is 296. The van der Waals surface area contributed by atoms with Gasteiger partial charge in [0.2, 0.25) is 0 Å². The Labute approximate surface area is 86.2 Å². The van der Waals surface area contributed by atoms with E-state index in [2.05, 4.69) is 0 Å². The van der Waals surface area contributed by atoms with Crippen molar-refractivity contribution in [2.24, 2.45) is 0 Å². The first-order valence-electron chi connectivity index (χ1n) is 1.25. The van der Waals surface area contributed by atoms with E-state index in [0.29, 0.717) is 0 Å². The van der Waals surface area contributed by atoms with Gasteiger partial charge in [0.25, 0.3) is 0 Å². The summed E-state index contributed by atoms with van der Waals surface area (Å²) in [6, 6.07) is 0. The third-order valence-corrected chi connectivity index (χ3v) is 0. The van der Waals surface area contributed by atoms with Crippen molar-refractivity contribution in [3.05, 3.63) is 0 Å². The Balaban J connectivity index is -0.000000107. The van der Waals surface area contributed by atoms with Crippen LogP contribution in [0, 0.1) is 0 Å². The summed E-state index contributed by atoms with van der Waals surface area (Å²) in [6.45, 7) is 0. The third-order valence-electron chi connectivity index (χ3n) is 0. The van der Waals surface area contributed by atoms with E-state index in [1.165, 1.54) is 0 Å². The molecule has 0 aliphatic heterocycles. The molecule has 0 aliphatic rings. The number of hydrogen-bond acceptors (Lipinski definition) is 7. The van der Waals surface area contributed by atoms with Crippen molar-refractivity contribution in [3.63, 3.8) is 0 Å². The van der Waals surface area contributed by atoms with Crippen molar-refractivity contribution < 1.29 is 86.9 Å². The quantitative estimate of drug-likeness (QED) is 0.425. The molecule has 0 radical (unpaired) electrons. The summed E-state index contributed by atoms with van der Waals surface area (Å²) in [7, 11) is 0. The van der Waals surface area contributed by atoms with E-state index in [0.717, 1.165) is 0 Å². The average molecular weight is 262 g/mol. The summed E-state index contributed by atoms with van der Waals surface area (Å²) >= 11 is -11.0. The Hall–Kier alpha value is 0.759. The van der Waals surface area contributed by atoms with Gasteiger partial charge < -0.3 is 0 Å². The second kappa shape index (κ2) is 6.29. The molecule has 0 saturated carbocycles. The molecule has 0 saturated heterocycles. The molecule has 0 atom stereocenters. The van der Waals surface area contributed by atoms with Gasteiger partial charge in [-0.2, -0.15) is 0 Å². The molecular formula is HMn2NaO8. The molecule has 0 amide bonds. The second-order valence-corrected chi connectivity index (χ2v) is 3.19. The normalized spacial score (nSPS) is 10.4. The van der Waals surface area contributed by atoms with Crippen molar-refractivity contribution in [2.75, 3.05) is 0 Å². The molecule has 0 aromatic carbocycles. The van der Waals surface area contributed by atoms with Crippen LogP contribution in [0.5, 0.6) is 0 Å². The van der Waals surface area contributed by atoms with Crippen molar-refractivity contribution in [1.29, 1.82) is 0 Å². The first-order valence-corrected chi connectivity index (χ1v) is 5.15. The van der Waals surface area contributed by atoms with E-state index < -0.39 is 25.9 Å². The van der Waals surface area contributed by atoms with E-state index in [1.807, 2.05) is 0 Å². The van der Waals surface area contributed by atoms with Crippen LogP contribution in [0.15, 0.2) is 0 Å². The molecule has 0 aromatic heterocycles. The van der Waals surface area contributed by atoms with Crippen LogP contribution in [0.1, 0.15) is 0 Å². The van der Waals surface area contributed by atoms with Crippen molar-refractivity contribution in [2.45, 2.75) is 0 Å². The van der Waals surface area contributed by atoms with Crippen LogP contribution in [0.4, 0.5) is 0 Å². The topological polar surface area (TPSA) is 146 Å². The van der Waals surface area contributed by atoms with Crippen molar-refractivity contribution >= 4 is 0 Å². The molecule has 11 heteroatoms. The van der Waals surface area contributed by atoms with Crippen molar-refractivity contribution in [1.82, 2.24) is 0 Å². The van der Waals surface area contributed by atoms with Gasteiger partial charge in [-0.1, -0.05) is 0 Å². The first-order chi connectivity index (χ1) is 4.00. The Kier molecular flexibility index (Phi) is 10.2. The van der Waals surface area contributed by atoms with Crippen molar-refractivity contribution in [3.8, 4) is 0 Å². The van der Waals surface area contributed by atoms with Crippen LogP contribution in [0.25, 0.3) is 0 Å². The maximum absolute atomic E-state index is 8.69. The van der Waals surface area contributed by atoms with Crippen LogP contribution in [-0.2, 0) is 48.9 Å². The molecule has 0 fully saturated rings. The minimum absolute atomic E-state index is 0. The van der Waals surface area contributed by atoms with Gasteiger partial charge in [-0.3, -0.25) is 0 Å². The van der Waals surface area contributed by atoms with Gasteiger partial charge in [0.15, 0.2) is 0 Å². The van der Waals surface area contributed by atoms with Gasteiger partial charge in [0, 0.05) is 0 Å². The van der Waals surface area contributed by atoms with Crippen LogP contribution >= 0.6 is 0 Å². The summed E-state index contributed by atoms with van der Waals surface area (Å²) in [5.74, 6) is 0. The predicted octanol–water partition coefficient (Wildman–Crippen LogP) is -5.46. The van der Waals surface area contributed by atoms with E-state index in [9.17, 15) is 0 Å². The summed E-state index contributed by atoms with van der Waals surface area (Å²) in [6.07, 6.45) is 0. The van der Waals surface area contributed by atoms with Crippen LogP contribution in [0.2, 0.25) is 0 Å². The van der Waals surface area contributed by atoms with E-state index >= 15 is 0 Å². The number of hydrogen-bond donors (Lipinski definition) is 1. The molecular weight excluding hydrogens is 261 g/mol. The average Bonchev–Trinajstić information content (AvgIpc) is 1.12. The standard InChI is InChI=1S/2Mn.Na.H2O.7O/h;;;1H2;;;;;;;/q;2*+1;;;;;;;;-1/p-1. The van der Waals surface area contributed by atoms with Gasteiger partial charge in [-0.15, -0.1) is 0 Å². The molecule has 11 heavy (non-hydrogen) atoms. The zero-order chi connectivity index (χ0) is 9.00. The summed E-state index contributed by atoms with van der Waals surface area (Å²) in [4.78, 5) is 0. The van der Waals surface area contributed by atoms with E-state index in [4.69, 9.17) is 31.4 Å². The number of rotatable bonds is 0. The van der Waals surface area contributed by atoms with E-state index in [1.54, 1.807) is 0 Å². The summed E-state index contributed by atoms with van der Waals surface area (Å²) in [5.41, 5.74) is 0. The second-order valence-electron chi connectivity index (χ2n) is 0.774. The van der Waals surface area contributed by atoms with Gasteiger partial charge in [0.05, 0.1) is 0 Å². The molecule has 1 N–H and O–H groups in total. The summed E-state index contributed by atoms with van der Waals surface area (Å²) in [5, 5.41) is 0. The third kappa shape index (κ3) is 1430. The van der Waals surface area contributed by atoms with Crippen LogP contribution in [-0.4, -0.2) is 4.19 Å². The Morgan fingerprint density at radius 2 is 0.909 bits per heavy atom. The van der Waals surface area contributed by atoms with Gasteiger partial charge in [-0.25, -0.2) is 0 Å². The molecule has 0 spiro atoms. The monoisotopic (exact) mass is 262 g/mol. The molecule has 64 valence electrons. The molecule has 0 bridgehead atoms. The molecule has 0 aromatic rings.